The summed E-state index contributed by atoms with van der Waals surface area (Å²) in [6.45, 7) is 14.5. The monoisotopic (exact) mass is 380 g/mol. The molecular weight excluding hydrogens is 324 g/mol. The highest BCUT2D eigenvalue weighted by Crippen LogP contribution is 2.49. The van der Waals surface area contributed by atoms with Gasteiger partial charge in [0.2, 0.25) is 0 Å². The first-order valence-corrected chi connectivity index (χ1v) is 13.1. The van der Waals surface area contributed by atoms with Gasteiger partial charge in [0, 0.05) is 0 Å². The summed E-state index contributed by atoms with van der Waals surface area (Å²) in [5.74, 6) is 1.81. The van der Waals surface area contributed by atoms with Crippen molar-refractivity contribution in [2.45, 2.75) is 157 Å². The molecule has 0 nitrogen and oxygen atoms in total. The van der Waals surface area contributed by atoms with Gasteiger partial charge in [0.25, 0.3) is 0 Å². The minimum Gasteiger partial charge on any atom is -0.0654 e. The van der Waals surface area contributed by atoms with E-state index < -0.39 is 0 Å². The highest BCUT2D eigenvalue weighted by Gasteiger charge is 2.39. The highest BCUT2D eigenvalue weighted by atomic mass is 14.4. The maximum absolute atomic E-state index is 2.55. The second-order valence-electron chi connectivity index (χ2n) is 9.70. The Morgan fingerprint density at radius 1 is 0.481 bits per heavy atom. The van der Waals surface area contributed by atoms with Crippen molar-refractivity contribution in [3.63, 3.8) is 0 Å². The molecule has 2 unspecified atom stereocenters. The molecule has 0 rings (SSSR count). The zero-order chi connectivity index (χ0) is 20.4. The Labute approximate surface area is 174 Å². The topological polar surface area (TPSA) is 0 Å². The molecular formula is C27H56. The summed E-state index contributed by atoms with van der Waals surface area (Å²) in [7, 11) is 0. The van der Waals surface area contributed by atoms with Gasteiger partial charge in [-0.25, -0.2) is 0 Å². The molecule has 0 N–H and O–H groups in total. The fourth-order valence-electron chi connectivity index (χ4n) is 5.31. The van der Waals surface area contributed by atoms with Crippen molar-refractivity contribution in [2.75, 3.05) is 0 Å². The Hall–Kier alpha value is 0. The molecule has 0 bridgehead atoms. The van der Waals surface area contributed by atoms with Crippen molar-refractivity contribution >= 4 is 0 Å². The van der Waals surface area contributed by atoms with Crippen LogP contribution in [0.3, 0.4) is 0 Å². The van der Waals surface area contributed by atoms with Crippen LogP contribution < -0.4 is 0 Å². The average Bonchev–Trinajstić information content (AvgIpc) is 2.66. The van der Waals surface area contributed by atoms with E-state index in [9.17, 15) is 0 Å². The van der Waals surface area contributed by atoms with Crippen LogP contribution in [0.4, 0.5) is 0 Å². The zero-order valence-electron chi connectivity index (χ0n) is 20.4. The van der Waals surface area contributed by atoms with E-state index in [0.29, 0.717) is 5.41 Å². The lowest BCUT2D eigenvalue weighted by molar-refractivity contribution is 0.0435. The van der Waals surface area contributed by atoms with Gasteiger partial charge in [0.15, 0.2) is 0 Å². The van der Waals surface area contributed by atoms with Crippen LogP contribution in [-0.4, -0.2) is 0 Å². The van der Waals surface area contributed by atoms with E-state index in [1.54, 1.807) is 0 Å². The van der Waals surface area contributed by atoms with Gasteiger partial charge in [-0.2, -0.15) is 0 Å². The predicted molar refractivity (Wildman–Crippen MR) is 127 cm³/mol. The Morgan fingerprint density at radius 2 is 0.926 bits per heavy atom. The largest absolute Gasteiger partial charge is 0.0654 e. The maximum Gasteiger partial charge on any atom is -0.0246 e. The zero-order valence-corrected chi connectivity index (χ0v) is 20.4. The Kier molecular flexibility index (Phi) is 18.1. The van der Waals surface area contributed by atoms with Crippen LogP contribution in [0.25, 0.3) is 0 Å². The van der Waals surface area contributed by atoms with E-state index >= 15 is 0 Å². The second kappa shape index (κ2) is 18.1. The summed E-state index contributed by atoms with van der Waals surface area (Å²) < 4.78 is 0. The van der Waals surface area contributed by atoms with E-state index in [1.165, 1.54) is 116 Å². The normalized spacial score (nSPS) is 15.2. The van der Waals surface area contributed by atoms with Gasteiger partial charge in [-0.05, 0) is 42.9 Å². The van der Waals surface area contributed by atoms with Crippen molar-refractivity contribution in [3.8, 4) is 0 Å². The van der Waals surface area contributed by atoms with Gasteiger partial charge < -0.3 is 0 Å². The predicted octanol–water partition coefficient (Wildman–Crippen LogP) is 10.3. The van der Waals surface area contributed by atoms with Crippen molar-refractivity contribution < 1.29 is 0 Å². The van der Waals surface area contributed by atoms with Crippen LogP contribution in [0.5, 0.6) is 0 Å². The van der Waals surface area contributed by atoms with E-state index in [-0.39, 0.29) is 0 Å². The third kappa shape index (κ3) is 11.6. The standard InChI is InChI=1S/C27H56/c1-7-11-15-17-18-19-22-26(21-13-9-3)27(25(5)6,23-14-10-4)24-20-16-12-8-2/h25-26H,7-24H2,1-6H3. The summed E-state index contributed by atoms with van der Waals surface area (Å²) in [4.78, 5) is 0. The molecule has 164 valence electrons. The molecule has 0 radical (unpaired) electrons. The highest BCUT2D eigenvalue weighted by molar-refractivity contribution is 4.89. The Balaban J connectivity index is 5.03. The smallest absolute Gasteiger partial charge is 0.0246 e. The van der Waals surface area contributed by atoms with Crippen LogP contribution >= 0.6 is 0 Å². The maximum atomic E-state index is 2.55. The molecule has 0 spiro atoms. The minimum atomic E-state index is 0.613. The molecule has 0 fully saturated rings. The van der Waals surface area contributed by atoms with Crippen molar-refractivity contribution in [1.82, 2.24) is 0 Å². The quantitative estimate of drug-likeness (QED) is 0.184. The molecule has 0 aliphatic rings. The lowest BCUT2D eigenvalue weighted by atomic mass is 9.59. The van der Waals surface area contributed by atoms with Crippen LogP contribution in [0.15, 0.2) is 0 Å². The second-order valence-corrected chi connectivity index (χ2v) is 9.70. The summed E-state index contributed by atoms with van der Waals surface area (Å²) >= 11 is 0. The number of hydrogen-bond acceptors (Lipinski definition) is 0. The molecule has 2 atom stereocenters. The molecule has 0 aromatic rings. The molecule has 0 saturated carbocycles. The molecule has 0 aromatic heterocycles. The van der Waals surface area contributed by atoms with Crippen LogP contribution in [-0.2, 0) is 0 Å². The van der Waals surface area contributed by atoms with Crippen LogP contribution in [0.2, 0.25) is 0 Å². The molecule has 27 heavy (non-hydrogen) atoms. The fourth-order valence-corrected chi connectivity index (χ4v) is 5.31. The lowest BCUT2D eigenvalue weighted by Crippen LogP contribution is -2.36. The summed E-state index contributed by atoms with van der Waals surface area (Å²) in [6, 6.07) is 0. The van der Waals surface area contributed by atoms with Gasteiger partial charge in [0.1, 0.15) is 0 Å². The average molecular weight is 381 g/mol. The Morgan fingerprint density at radius 3 is 1.48 bits per heavy atom. The molecule has 0 heteroatoms. The first kappa shape index (κ1) is 27.0. The first-order chi connectivity index (χ1) is 13.1. The van der Waals surface area contributed by atoms with Crippen LogP contribution in [0.1, 0.15) is 157 Å². The van der Waals surface area contributed by atoms with Gasteiger partial charge in [-0.1, -0.05) is 131 Å². The third-order valence-electron chi connectivity index (χ3n) is 7.27. The van der Waals surface area contributed by atoms with Crippen molar-refractivity contribution in [3.05, 3.63) is 0 Å². The fraction of sp³-hybridized carbons (Fsp3) is 1.00. The lowest BCUT2D eigenvalue weighted by Gasteiger charge is -2.46. The van der Waals surface area contributed by atoms with Crippen molar-refractivity contribution in [2.24, 2.45) is 17.3 Å². The molecule has 0 saturated heterocycles. The third-order valence-corrected chi connectivity index (χ3v) is 7.27. The molecule has 0 amide bonds. The summed E-state index contributed by atoms with van der Waals surface area (Å²) in [6.07, 6.45) is 26.0. The molecule has 0 aliphatic heterocycles. The van der Waals surface area contributed by atoms with E-state index in [2.05, 4.69) is 41.5 Å². The summed E-state index contributed by atoms with van der Waals surface area (Å²) in [5, 5.41) is 0. The number of rotatable bonds is 20. The minimum absolute atomic E-state index is 0.613. The van der Waals surface area contributed by atoms with Gasteiger partial charge >= 0.3 is 0 Å². The molecule has 0 heterocycles. The number of hydrogen-bond donors (Lipinski definition) is 0. The van der Waals surface area contributed by atoms with Gasteiger partial charge in [0.05, 0.1) is 0 Å². The van der Waals surface area contributed by atoms with E-state index in [0.717, 1.165) is 11.8 Å². The van der Waals surface area contributed by atoms with E-state index in [1.807, 2.05) is 0 Å². The van der Waals surface area contributed by atoms with E-state index in [4.69, 9.17) is 0 Å². The SMILES string of the molecule is CCCCCCCCC(CCCC)C(CCCC)(CCCCCC)C(C)C. The van der Waals surface area contributed by atoms with Crippen LogP contribution in [0, 0.1) is 17.3 Å². The van der Waals surface area contributed by atoms with Gasteiger partial charge in [-0.3, -0.25) is 0 Å². The number of unbranched alkanes of at least 4 members (excludes halogenated alkanes) is 10. The molecule has 0 aromatic carbocycles. The van der Waals surface area contributed by atoms with Crippen molar-refractivity contribution in [1.29, 1.82) is 0 Å². The summed E-state index contributed by atoms with van der Waals surface area (Å²) in [5.41, 5.74) is 0.613. The van der Waals surface area contributed by atoms with Gasteiger partial charge in [-0.15, -0.1) is 0 Å². The Bertz CT molecular complexity index is 292. The first-order valence-electron chi connectivity index (χ1n) is 13.1. The molecule has 0 aliphatic carbocycles.